The van der Waals surface area contributed by atoms with Crippen molar-refractivity contribution in [3.05, 3.63) is 34.2 Å². The Labute approximate surface area is 161 Å². The van der Waals surface area contributed by atoms with Gasteiger partial charge in [0.05, 0.1) is 5.56 Å². The summed E-state index contributed by atoms with van der Waals surface area (Å²) < 4.78 is 39.2. The Hall–Kier alpha value is -2.32. The highest BCUT2D eigenvalue weighted by molar-refractivity contribution is 5.80. The van der Waals surface area contributed by atoms with Crippen LogP contribution >= 0.6 is 0 Å². The summed E-state index contributed by atoms with van der Waals surface area (Å²) in [6, 6.07) is 1.51. The lowest BCUT2D eigenvalue weighted by atomic mass is 9.96. The molecule has 2 amide bonds. The van der Waals surface area contributed by atoms with E-state index < -0.39 is 29.8 Å². The summed E-state index contributed by atoms with van der Waals surface area (Å²) in [7, 11) is 0. The second kappa shape index (κ2) is 9.75. The largest absolute Gasteiger partial charge is 0.417 e. The van der Waals surface area contributed by atoms with Gasteiger partial charge in [0.25, 0.3) is 5.56 Å². The van der Waals surface area contributed by atoms with E-state index in [2.05, 4.69) is 12.2 Å². The van der Waals surface area contributed by atoms with E-state index in [1.807, 2.05) is 0 Å². The summed E-state index contributed by atoms with van der Waals surface area (Å²) in [6.45, 7) is 2.97. The zero-order valence-electron chi connectivity index (χ0n) is 15.9. The molecule has 1 saturated heterocycles. The average Bonchev–Trinajstić information content (AvgIpc) is 2.66. The van der Waals surface area contributed by atoms with Gasteiger partial charge in [0.15, 0.2) is 0 Å². The lowest BCUT2D eigenvalue weighted by molar-refractivity contribution is -0.139. The molecule has 1 aromatic heterocycles. The predicted octanol–water partition coefficient (Wildman–Crippen LogP) is 2.41. The van der Waals surface area contributed by atoms with Crippen molar-refractivity contribution < 1.29 is 22.8 Å². The number of pyridine rings is 1. The molecule has 1 aliphatic rings. The molecule has 28 heavy (non-hydrogen) atoms. The number of halogens is 3. The number of carbonyl (C=O) groups is 2. The van der Waals surface area contributed by atoms with E-state index in [0.29, 0.717) is 44.7 Å². The number of unbranched alkanes of at least 4 members (excludes halogenated alkanes) is 2. The second-order valence-electron chi connectivity index (χ2n) is 7.03. The number of nitrogens with one attached hydrogen (secondary N) is 1. The standard InChI is InChI=1S/C19H26F3N3O3/c1-2-3-4-9-23-18(28)14-7-10-24(11-8-14)17(27)13-25-12-15(19(20,21)22)5-6-16(25)26/h5-6,12,14H,2-4,7-11,13H2,1H3,(H,23,28). The number of likely N-dealkylation sites (tertiary alicyclic amines) is 1. The van der Waals surface area contributed by atoms with Gasteiger partial charge in [-0.3, -0.25) is 14.4 Å². The van der Waals surface area contributed by atoms with Gasteiger partial charge < -0.3 is 14.8 Å². The Morgan fingerprint density at radius 2 is 1.86 bits per heavy atom. The molecule has 0 atom stereocenters. The fraction of sp³-hybridized carbons (Fsp3) is 0.632. The monoisotopic (exact) mass is 401 g/mol. The molecule has 0 unspecified atom stereocenters. The van der Waals surface area contributed by atoms with E-state index in [1.54, 1.807) is 0 Å². The van der Waals surface area contributed by atoms with Crippen molar-refractivity contribution in [1.29, 1.82) is 0 Å². The summed E-state index contributed by atoms with van der Waals surface area (Å²) in [6.07, 6.45) is 0.155. The highest BCUT2D eigenvalue weighted by Crippen LogP contribution is 2.28. The third-order valence-corrected chi connectivity index (χ3v) is 4.91. The smallest absolute Gasteiger partial charge is 0.356 e. The lowest BCUT2D eigenvalue weighted by Gasteiger charge is -2.31. The SMILES string of the molecule is CCCCCNC(=O)C1CCN(C(=O)Cn2cc(C(F)(F)F)ccc2=O)CC1. The molecule has 9 heteroatoms. The first-order valence-electron chi connectivity index (χ1n) is 9.55. The first kappa shape index (κ1) is 22.0. The van der Waals surface area contributed by atoms with Crippen LogP contribution in [-0.2, 0) is 22.3 Å². The fourth-order valence-corrected chi connectivity index (χ4v) is 3.19. The number of amides is 2. The van der Waals surface area contributed by atoms with E-state index in [1.165, 1.54) is 4.90 Å². The first-order valence-corrected chi connectivity index (χ1v) is 9.55. The lowest BCUT2D eigenvalue weighted by Crippen LogP contribution is -2.44. The molecule has 0 spiro atoms. The summed E-state index contributed by atoms with van der Waals surface area (Å²) in [4.78, 5) is 37.8. The van der Waals surface area contributed by atoms with Crippen LogP contribution in [0.25, 0.3) is 0 Å². The Kier molecular flexibility index (Phi) is 7.65. The van der Waals surface area contributed by atoms with Crippen molar-refractivity contribution in [2.75, 3.05) is 19.6 Å². The molecule has 156 valence electrons. The van der Waals surface area contributed by atoms with Crippen molar-refractivity contribution in [2.45, 2.75) is 51.7 Å². The van der Waals surface area contributed by atoms with Crippen LogP contribution < -0.4 is 10.9 Å². The highest BCUT2D eigenvalue weighted by Gasteiger charge is 2.32. The van der Waals surface area contributed by atoms with Gasteiger partial charge in [0, 0.05) is 37.8 Å². The van der Waals surface area contributed by atoms with Crippen LogP contribution in [0.1, 0.15) is 44.6 Å². The molecule has 0 aromatic carbocycles. The molecule has 2 rings (SSSR count). The first-order chi connectivity index (χ1) is 13.2. The fourth-order valence-electron chi connectivity index (χ4n) is 3.19. The minimum Gasteiger partial charge on any atom is -0.356 e. The Bertz CT molecular complexity index is 738. The van der Waals surface area contributed by atoms with E-state index in [4.69, 9.17) is 0 Å². The van der Waals surface area contributed by atoms with Crippen LogP contribution in [0.15, 0.2) is 23.1 Å². The van der Waals surface area contributed by atoms with Crippen LogP contribution in [0.5, 0.6) is 0 Å². The molecule has 1 aliphatic heterocycles. The molecular formula is C19H26F3N3O3. The number of carbonyl (C=O) groups excluding carboxylic acids is 2. The minimum absolute atomic E-state index is 0.0164. The van der Waals surface area contributed by atoms with Crippen LogP contribution in [0.4, 0.5) is 13.2 Å². The Morgan fingerprint density at radius 3 is 2.46 bits per heavy atom. The molecule has 0 radical (unpaired) electrons. The number of nitrogens with zero attached hydrogens (tertiary/aromatic N) is 2. The van der Waals surface area contributed by atoms with Crippen LogP contribution in [0.2, 0.25) is 0 Å². The molecule has 0 saturated carbocycles. The van der Waals surface area contributed by atoms with Gasteiger partial charge in [-0.05, 0) is 25.3 Å². The summed E-state index contributed by atoms with van der Waals surface area (Å²) >= 11 is 0. The maximum atomic E-state index is 12.8. The van der Waals surface area contributed by atoms with Crippen molar-refractivity contribution >= 4 is 11.8 Å². The second-order valence-corrected chi connectivity index (χ2v) is 7.03. The zero-order chi connectivity index (χ0) is 20.7. The molecule has 1 N–H and O–H groups in total. The Morgan fingerprint density at radius 1 is 1.18 bits per heavy atom. The molecule has 1 fully saturated rings. The van der Waals surface area contributed by atoms with Crippen LogP contribution in [0, 0.1) is 5.92 Å². The van der Waals surface area contributed by atoms with Gasteiger partial charge in [-0.25, -0.2) is 0 Å². The summed E-state index contributed by atoms with van der Waals surface area (Å²) in [5.41, 5.74) is -1.64. The quantitative estimate of drug-likeness (QED) is 0.714. The molecule has 6 nitrogen and oxygen atoms in total. The maximum Gasteiger partial charge on any atom is 0.417 e. The number of aromatic nitrogens is 1. The summed E-state index contributed by atoms with van der Waals surface area (Å²) in [5.74, 6) is -0.609. The molecule has 0 aliphatic carbocycles. The maximum absolute atomic E-state index is 12.8. The van der Waals surface area contributed by atoms with Crippen molar-refractivity contribution in [3.8, 4) is 0 Å². The van der Waals surface area contributed by atoms with Crippen LogP contribution in [-0.4, -0.2) is 40.9 Å². The van der Waals surface area contributed by atoms with Crippen molar-refractivity contribution in [1.82, 2.24) is 14.8 Å². The van der Waals surface area contributed by atoms with Gasteiger partial charge in [-0.1, -0.05) is 19.8 Å². The van der Waals surface area contributed by atoms with E-state index in [9.17, 15) is 27.6 Å². The molecule has 0 bridgehead atoms. The van der Waals surface area contributed by atoms with Gasteiger partial charge >= 0.3 is 6.18 Å². The highest BCUT2D eigenvalue weighted by atomic mass is 19.4. The number of hydrogen-bond donors (Lipinski definition) is 1. The predicted molar refractivity (Wildman–Crippen MR) is 97.5 cm³/mol. The van der Waals surface area contributed by atoms with E-state index in [-0.39, 0.29) is 11.8 Å². The third-order valence-electron chi connectivity index (χ3n) is 4.91. The number of rotatable bonds is 7. The van der Waals surface area contributed by atoms with Crippen molar-refractivity contribution in [3.63, 3.8) is 0 Å². The van der Waals surface area contributed by atoms with Gasteiger partial charge in [-0.2, -0.15) is 13.2 Å². The minimum atomic E-state index is -4.58. The van der Waals surface area contributed by atoms with E-state index >= 15 is 0 Å². The zero-order valence-corrected chi connectivity index (χ0v) is 15.9. The normalized spacial score (nSPS) is 15.5. The number of piperidine rings is 1. The van der Waals surface area contributed by atoms with E-state index in [0.717, 1.165) is 29.9 Å². The van der Waals surface area contributed by atoms with Crippen LogP contribution in [0.3, 0.4) is 0 Å². The topological polar surface area (TPSA) is 71.4 Å². The van der Waals surface area contributed by atoms with Gasteiger partial charge in [0.2, 0.25) is 11.8 Å². The Balaban J connectivity index is 1.87. The van der Waals surface area contributed by atoms with Gasteiger partial charge in [0.1, 0.15) is 6.54 Å². The third kappa shape index (κ3) is 6.10. The molecular weight excluding hydrogens is 375 g/mol. The summed E-state index contributed by atoms with van der Waals surface area (Å²) in [5, 5.41) is 2.90. The van der Waals surface area contributed by atoms with Gasteiger partial charge in [-0.15, -0.1) is 0 Å². The number of hydrogen-bond acceptors (Lipinski definition) is 3. The molecule has 1 aromatic rings. The number of alkyl halides is 3. The average molecular weight is 401 g/mol. The van der Waals surface area contributed by atoms with Crippen molar-refractivity contribution in [2.24, 2.45) is 5.92 Å². The molecule has 2 heterocycles.